The molecular weight excluding hydrogens is 377 g/mol. The van der Waals surface area contributed by atoms with Crippen molar-refractivity contribution in [1.82, 2.24) is 9.88 Å². The molecule has 8 heteroatoms. The smallest absolute Gasteiger partial charge is 0.262 e. The molecule has 0 fully saturated rings. The number of nitrogens with two attached hydrogens (primary N) is 1. The van der Waals surface area contributed by atoms with Crippen molar-refractivity contribution >= 4 is 23.4 Å². The SMILES string of the molecule is Nc1c2c(cc(=O)n1-c1ccc(F)cc1C(=O)Cc1ccccc1)C(=O)NC2=O. The fraction of sp³-hybridized carbons (Fsp3) is 0.0476. The topological polar surface area (TPSA) is 111 Å². The molecule has 3 aromatic rings. The molecule has 0 spiro atoms. The molecule has 2 heterocycles. The number of pyridine rings is 1. The molecule has 0 saturated carbocycles. The van der Waals surface area contributed by atoms with Gasteiger partial charge in [0.1, 0.15) is 11.6 Å². The monoisotopic (exact) mass is 391 g/mol. The lowest BCUT2D eigenvalue weighted by Gasteiger charge is -2.15. The van der Waals surface area contributed by atoms with E-state index in [1.165, 1.54) is 6.07 Å². The molecule has 0 radical (unpaired) electrons. The third kappa shape index (κ3) is 3.10. The molecular formula is C21H14FN3O4. The van der Waals surface area contributed by atoms with Gasteiger partial charge in [-0.1, -0.05) is 30.3 Å². The largest absolute Gasteiger partial charge is 0.384 e. The van der Waals surface area contributed by atoms with E-state index in [2.05, 4.69) is 5.32 Å². The van der Waals surface area contributed by atoms with Gasteiger partial charge in [-0.3, -0.25) is 29.1 Å². The first-order valence-electron chi connectivity index (χ1n) is 8.65. The number of ketones is 1. The van der Waals surface area contributed by atoms with Crippen LogP contribution in [0.4, 0.5) is 10.2 Å². The number of Topliss-reactive ketones (excluding diaryl/α,β-unsaturated/α-hetero) is 1. The number of rotatable bonds is 4. The normalized spacial score (nSPS) is 12.6. The Hall–Kier alpha value is -4.07. The molecule has 144 valence electrons. The summed E-state index contributed by atoms with van der Waals surface area (Å²) in [5.41, 5.74) is 5.71. The van der Waals surface area contributed by atoms with Crippen molar-refractivity contribution in [3.63, 3.8) is 0 Å². The van der Waals surface area contributed by atoms with E-state index in [-0.39, 0.29) is 34.6 Å². The molecule has 2 aromatic carbocycles. The van der Waals surface area contributed by atoms with Crippen LogP contribution in [-0.4, -0.2) is 22.2 Å². The number of nitrogen functional groups attached to an aromatic ring is 1. The van der Waals surface area contributed by atoms with E-state index in [1.807, 2.05) is 0 Å². The quantitative estimate of drug-likeness (QED) is 0.521. The standard InChI is InChI=1S/C21H14FN3O4/c22-12-6-7-15(13(9-12)16(26)8-11-4-2-1-3-5-11)25-17(27)10-14-18(19(25)23)21(29)24-20(14)28/h1-7,9-10H,8,23H2,(H,24,28,29). The number of carbonyl (C=O) groups excluding carboxylic acids is 3. The first kappa shape index (κ1) is 18.3. The Morgan fingerprint density at radius 1 is 1.00 bits per heavy atom. The summed E-state index contributed by atoms with van der Waals surface area (Å²) in [6, 6.07) is 13.2. The Labute approximate surface area is 163 Å². The molecule has 2 amide bonds. The molecule has 1 aromatic heterocycles. The molecule has 0 saturated heterocycles. The number of imide groups is 1. The molecule has 0 atom stereocenters. The minimum absolute atomic E-state index is 0.0180. The van der Waals surface area contributed by atoms with Gasteiger partial charge in [-0.25, -0.2) is 4.39 Å². The van der Waals surface area contributed by atoms with E-state index in [0.717, 1.165) is 22.8 Å². The highest BCUT2D eigenvalue weighted by molar-refractivity contribution is 6.23. The van der Waals surface area contributed by atoms with Crippen LogP contribution in [-0.2, 0) is 6.42 Å². The van der Waals surface area contributed by atoms with Crippen LogP contribution in [0.5, 0.6) is 0 Å². The van der Waals surface area contributed by atoms with Crippen molar-refractivity contribution in [2.24, 2.45) is 0 Å². The molecule has 0 unspecified atom stereocenters. The van der Waals surface area contributed by atoms with Gasteiger partial charge in [0.25, 0.3) is 17.4 Å². The summed E-state index contributed by atoms with van der Waals surface area (Å²) in [5, 5.41) is 2.07. The Kier molecular flexibility index (Phi) is 4.31. The van der Waals surface area contributed by atoms with E-state index in [4.69, 9.17) is 5.73 Å². The maximum Gasteiger partial charge on any atom is 0.262 e. The van der Waals surface area contributed by atoms with Crippen molar-refractivity contribution in [3.05, 3.63) is 93.0 Å². The second-order valence-corrected chi connectivity index (χ2v) is 6.52. The fourth-order valence-corrected chi connectivity index (χ4v) is 3.33. The number of hydrogen-bond acceptors (Lipinski definition) is 5. The van der Waals surface area contributed by atoms with Gasteiger partial charge in [0, 0.05) is 18.1 Å². The van der Waals surface area contributed by atoms with Crippen molar-refractivity contribution < 1.29 is 18.8 Å². The maximum atomic E-state index is 13.9. The molecule has 0 aliphatic carbocycles. The molecule has 4 rings (SSSR count). The highest BCUT2D eigenvalue weighted by Gasteiger charge is 2.32. The van der Waals surface area contributed by atoms with Gasteiger partial charge in [0.05, 0.1) is 16.8 Å². The lowest BCUT2D eigenvalue weighted by Crippen LogP contribution is -2.26. The average molecular weight is 391 g/mol. The van der Waals surface area contributed by atoms with Crippen molar-refractivity contribution in [2.75, 3.05) is 5.73 Å². The van der Waals surface area contributed by atoms with Crippen LogP contribution in [0, 0.1) is 5.82 Å². The third-order valence-electron chi connectivity index (χ3n) is 4.66. The predicted molar refractivity (Wildman–Crippen MR) is 103 cm³/mol. The molecule has 29 heavy (non-hydrogen) atoms. The van der Waals surface area contributed by atoms with E-state index in [0.29, 0.717) is 5.56 Å². The van der Waals surface area contributed by atoms with Gasteiger partial charge in [0.2, 0.25) is 0 Å². The number of nitrogens with one attached hydrogen (secondary N) is 1. The maximum absolute atomic E-state index is 13.9. The molecule has 1 aliphatic heterocycles. The van der Waals surface area contributed by atoms with Gasteiger partial charge in [0.15, 0.2) is 5.78 Å². The number of hydrogen-bond donors (Lipinski definition) is 2. The lowest BCUT2D eigenvalue weighted by molar-refractivity contribution is 0.0878. The summed E-state index contributed by atoms with van der Waals surface area (Å²) in [4.78, 5) is 49.4. The zero-order valence-electron chi connectivity index (χ0n) is 14.9. The van der Waals surface area contributed by atoms with Crippen LogP contribution < -0.4 is 16.6 Å². The van der Waals surface area contributed by atoms with Crippen LogP contribution in [0.2, 0.25) is 0 Å². The van der Waals surface area contributed by atoms with Crippen LogP contribution >= 0.6 is 0 Å². The number of amides is 2. The first-order valence-corrected chi connectivity index (χ1v) is 8.65. The van der Waals surface area contributed by atoms with Crippen LogP contribution in [0.3, 0.4) is 0 Å². The Morgan fingerprint density at radius 2 is 1.72 bits per heavy atom. The summed E-state index contributed by atoms with van der Waals surface area (Å²) in [7, 11) is 0. The zero-order chi connectivity index (χ0) is 20.7. The number of carbonyl (C=O) groups is 3. The minimum Gasteiger partial charge on any atom is -0.384 e. The summed E-state index contributed by atoms with van der Waals surface area (Å²) >= 11 is 0. The zero-order valence-corrected chi connectivity index (χ0v) is 14.9. The van der Waals surface area contributed by atoms with Crippen LogP contribution in [0.25, 0.3) is 5.69 Å². The second kappa shape index (κ2) is 6.83. The van der Waals surface area contributed by atoms with Crippen LogP contribution in [0.1, 0.15) is 36.6 Å². The Balaban J connectivity index is 1.88. The highest BCUT2D eigenvalue weighted by atomic mass is 19.1. The van der Waals surface area contributed by atoms with E-state index >= 15 is 0 Å². The summed E-state index contributed by atoms with van der Waals surface area (Å²) in [6.45, 7) is 0. The number of aromatic nitrogens is 1. The third-order valence-corrected chi connectivity index (χ3v) is 4.66. The molecule has 1 aliphatic rings. The molecule has 7 nitrogen and oxygen atoms in total. The van der Waals surface area contributed by atoms with E-state index in [9.17, 15) is 23.6 Å². The summed E-state index contributed by atoms with van der Waals surface area (Å²) in [5.74, 6) is -2.85. The second-order valence-electron chi connectivity index (χ2n) is 6.52. The van der Waals surface area contributed by atoms with E-state index < -0.39 is 29.0 Å². The average Bonchev–Trinajstić information content (AvgIpc) is 2.97. The first-order chi connectivity index (χ1) is 13.9. The molecule has 0 bridgehead atoms. The Morgan fingerprint density at radius 3 is 2.45 bits per heavy atom. The van der Waals surface area contributed by atoms with Crippen molar-refractivity contribution in [3.8, 4) is 5.69 Å². The lowest BCUT2D eigenvalue weighted by atomic mass is 10.0. The highest BCUT2D eigenvalue weighted by Crippen LogP contribution is 2.25. The van der Waals surface area contributed by atoms with Gasteiger partial charge in [-0.05, 0) is 23.8 Å². The summed E-state index contributed by atoms with van der Waals surface area (Å²) in [6.07, 6.45) is -0.0180. The van der Waals surface area contributed by atoms with Crippen molar-refractivity contribution in [2.45, 2.75) is 6.42 Å². The number of benzene rings is 2. The number of anilines is 1. The van der Waals surface area contributed by atoms with E-state index in [1.54, 1.807) is 30.3 Å². The molecule has 3 N–H and O–H groups in total. The number of fused-ring (bicyclic) bond motifs is 1. The number of halogens is 1. The van der Waals surface area contributed by atoms with Crippen molar-refractivity contribution in [1.29, 1.82) is 0 Å². The van der Waals surface area contributed by atoms with Gasteiger partial charge in [-0.2, -0.15) is 0 Å². The Bertz CT molecular complexity index is 1250. The van der Waals surface area contributed by atoms with Crippen LogP contribution in [0.15, 0.2) is 59.4 Å². The van der Waals surface area contributed by atoms with Gasteiger partial charge < -0.3 is 5.73 Å². The predicted octanol–water partition coefficient (Wildman–Crippen LogP) is 1.87. The van der Waals surface area contributed by atoms with Gasteiger partial charge in [-0.15, -0.1) is 0 Å². The summed E-state index contributed by atoms with van der Waals surface area (Å²) < 4.78 is 14.9. The number of nitrogens with zero attached hydrogens (tertiary/aromatic N) is 1. The minimum atomic E-state index is -0.740. The van der Waals surface area contributed by atoms with Gasteiger partial charge >= 0.3 is 0 Å². The fourth-order valence-electron chi connectivity index (χ4n) is 3.33.